The van der Waals surface area contributed by atoms with E-state index in [0.717, 1.165) is 16.7 Å². The van der Waals surface area contributed by atoms with Gasteiger partial charge in [-0.3, -0.25) is 9.69 Å². The lowest BCUT2D eigenvalue weighted by Crippen LogP contribution is -2.20. The molecule has 0 fully saturated rings. The molecule has 0 saturated heterocycles. The van der Waals surface area contributed by atoms with Gasteiger partial charge in [-0.25, -0.2) is 0 Å². The van der Waals surface area contributed by atoms with Gasteiger partial charge in [0.1, 0.15) is 5.82 Å². The lowest BCUT2D eigenvalue weighted by Gasteiger charge is -2.09. The van der Waals surface area contributed by atoms with Crippen LogP contribution in [0.4, 0.5) is 5.82 Å². The minimum atomic E-state index is 0.621. The normalized spacial score (nSPS) is 10.4. The number of aromatic nitrogens is 1. The van der Waals surface area contributed by atoms with E-state index in [0.29, 0.717) is 6.54 Å². The van der Waals surface area contributed by atoms with Gasteiger partial charge in [0.2, 0.25) is 0 Å². The molecule has 1 N–H and O–H groups in total. The zero-order chi connectivity index (χ0) is 9.97. The summed E-state index contributed by atoms with van der Waals surface area (Å²) in [6.45, 7) is 2.53. The number of nitrogens with one attached hydrogen (secondary N) is 1. The summed E-state index contributed by atoms with van der Waals surface area (Å²) in [6.07, 6.45) is 1.88. The molecule has 0 aliphatic rings. The van der Waals surface area contributed by atoms with E-state index in [1.54, 1.807) is 0 Å². The van der Waals surface area contributed by atoms with E-state index in [9.17, 15) is 4.79 Å². The summed E-state index contributed by atoms with van der Waals surface area (Å²) in [6, 6.07) is 9.87. The van der Waals surface area contributed by atoms with Crippen LogP contribution in [0.15, 0.2) is 30.3 Å². The van der Waals surface area contributed by atoms with Crippen LogP contribution < -0.4 is 4.90 Å². The van der Waals surface area contributed by atoms with Crippen molar-refractivity contribution < 1.29 is 4.79 Å². The zero-order valence-corrected chi connectivity index (χ0v) is 7.95. The van der Waals surface area contributed by atoms with Crippen LogP contribution in [-0.2, 0) is 4.79 Å². The molecule has 1 aromatic heterocycles. The predicted octanol–water partition coefficient (Wildman–Crippen LogP) is 2.06. The summed E-state index contributed by atoms with van der Waals surface area (Å²) in [5.41, 5.74) is 1.04. The molecule has 71 valence electrons. The predicted molar refractivity (Wildman–Crippen MR) is 57.0 cm³/mol. The first-order chi connectivity index (χ1) is 6.85. The molecule has 0 aliphatic heterocycles. The lowest BCUT2D eigenvalue weighted by atomic mass is 10.2. The Kier molecular flexibility index (Phi) is 2.23. The topological polar surface area (TPSA) is 36.1 Å². The van der Waals surface area contributed by atoms with Crippen molar-refractivity contribution in [2.45, 2.75) is 6.92 Å². The lowest BCUT2D eigenvalue weighted by molar-refractivity contribution is 0.552. The fraction of sp³-hybridized carbons (Fsp3) is 0.182. The fourth-order valence-corrected chi connectivity index (χ4v) is 1.49. The molecule has 1 heterocycles. The maximum absolute atomic E-state index is 10.6. The van der Waals surface area contributed by atoms with Gasteiger partial charge in [-0.15, -0.1) is 0 Å². The van der Waals surface area contributed by atoms with Gasteiger partial charge in [-0.2, -0.15) is 0 Å². The van der Waals surface area contributed by atoms with Crippen molar-refractivity contribution in [1.82, 2.24) is 4.98 Å². The number of fused-ring (bicyclic) bond motifs is 1. The molecule has 0 aliphatic carbocycles. The number of hydrogen-bond acceptors (Lipinski definition) is 1. The third-order valence-electron chi connectivity index (χ3n) is 2.23. The van der Waals surface area contributed by atoms with Crippen molar-refractivity contribution >= 4 is 23.1 Å². The van der Waals surface area contributed by atoms with Gasteiger partial charge in [0.25, 0.3) is 0 Å². The van der Waals surface area contributed by atoms with Crippen LogP contribution in [0, 0.1) is 0 Å². The SMILES string of the molecule is CCN([C]=O)c1cc2ccccc2[nH]1. The van der Waals surface area contributed by atoms with Crippen LogP contribution in [0.2, 0.25) is 0 Å². The molecule has 3 nitrogen and oxygen atoms in total. The number of para-hydroxylation sites is 1. The highest BCUT2D eigenvalue weighted by Gasteiger charge is 2.06. The quantitative estimate of drug-likeness (QED) is 0.733. The first-order valence-electron chi connectivity index (χ1n) is 4.58. The zero-order valence-electron chi connectivity index (χ0n) is 7.95. The third kappa shape index (κ3) is 1.37. The maximum atomic E-state index is 10.6. The van der Waals surface area contributed by atoms with Crippen LogP contribution in [-0.4, -0.2) is 17.9 Å². The highest BCUT2D eigenvalue weighted by molar-refractivity contribution is 5.87. The number of amides is 1. The minimum Gasteiger partial charge on any atom is -0.341 e. The van der Waals surface area contributed by atoms with Crippen molar-refractivity contribution in [2.75, 3.05) is 11.4 Å². The number of aromatic amines is 1. The second kappa shape index (κ2) is 3.54. The second-order valence-electron chi connectivity index (χ2n) is 3.08. The summed E-state index contributed by atoms with van der Waals surface area (Å²) in [7, 11) is 0. The van der Waals surface area contributed by atoms with Crippen LogP contribution >= 0.6 is 0 Å². The van der Waals surface area contributed by atoms with Gasteiger partial charge >= 0.3 is 6.41 Å². The number of carbonyl (C=O) groups excluding carboxylic acids is 1. The smallest absolute Gasteiger partial charge is 0.318 e. The van der Waals surface area contributed by atoms with Gasteiger partial charge in [0, 0.05) is 17.4 Å². The molecule has 2 aromatic rings. The molecule has 2 rings (SSSR count). The maximum Gasteiger partial charge on any atom is 0.318 e. The van der Waals surface area contributed by atoms with Gasteiger partial charge < -0.3 is 4.98 Å². The summed E-state index contributed by atoms with van der Waals surface area (Å²) in [5, 5.41) is 1.11. The van der Waals surface area contributed by atoms with Crippen molar-refractivity contribution in [3.05, 3.63) is 30.3 Å². The van der Waals surface area contributed by atoms with Crippen LogP contribution in [0.5, 0.6) is 0 Å². The summed E-state index contributed by atoms with van der Waals surface area (Å²) in [4.78, 5) is 15.3. The Balaban J connectivity index is 2.48. The van der Waals surface area contributed by atoms with Crippen molar-refractivity contribution in [3.8, 4) is 0 Å². The highest BCUT2D eigenvalue weighted by Crippen LogP contribution is 2.20. The Morgan fingerprint density at radius 1 is 1.43 bits per heavy atom. The highest BCUT2D eigenvalue weighted by atomic mass is 16.1. The largest absolute Gasteiger partial charge is 0.341 e. The Hall–Kier alpha value is -1.77. The van der Waals surface area contributed by atoms with E-state index in [1.165, 1.54) is 4.90 Å². The molecule has 1 aromatic carbocycles. The Bertz CT molecular complexity index is 414. The molecule has 0 atom stereocenters. The molecule has 3 heteroatoms. The number of anilines is 1. The minimum absolute atomic E-state index is 0.621. The molecular weight excluding hydrogens is 176 g/mol. The Labute approximate surface area is 82.3 Å². The monoisotopic (exact) mass is 187 g/mol. The van der Waals surface area contributed by atoms with Gasteiger partial charge in [-0.05, 0) is 19.1 Å². The molecule has 1 radical (unpaired) electrons. The Morgan fingerprint density at radius 3 is 2.86 bits per heavy atom. The Morgan fingerprint density at radius 2 is 2.21 bits per heavy atom. The third-order valence-corrected chi connectivity index (χ3v) is 2.23. The molecule has 0 bridgehead atoms. The van der Waals surface area contributed by atoms with Crippen LogP contribution in [0.3, 0.4) is 0 Å². The van der Waals surface area contributed by atoms with Crippen molar-refractivity contribution in [3.63, 3.8) is 0 Å². The van der Waals surface area contributed by atoms with E-state index in [1.807, 2.05) is 43.7 Å². The van der Waals surface area contributed by atoms with E-state index in [4.69, 9.17) is 0 Å². The van der Waals surface area contributed by atoms with E-state index in [-0.39, 0.29) is 0 Å². The average molecular weight is 187 g/mol. The van der Waals surface area contributed by atoms with E-state index in [2.05, 4.69) is 4.98 Å². The summed E-state index contributed by atoms with van der Waals surface area (Å²) >= 11 is 0. The first kappa shape index (κ1) is 8.81. The number of nitrogens with zero attached hydrogens (tertiary/aromatic N) is 1. The van der Waals surface area contributed by atoms with Gasteiger partial charge in [0.05, 0.1) is 0 Å². The van der Waals surface area contributed by atoms with Crippen molar-refractivity contribution in [2.24, 2.45) is 0 Å². The average Bonchev–Trinajstić information content (AvgIpc) is 2.63. The number of hydrogen-bond donors (Lipinski definition) is 1. The number of rotatable bonds is 3. The molecular formula is C11H11N2O. The summed E-state index contributed by atoms with van der Waals surface area (Å²) < 4.78 is 0. The van der Waals surface area contributed by atoms with Crippen LogP contribution in [0.25, 0.3) is 10.9 Å². The molecule has 14 heavy (non-hydrogen) atoms. The molecule has 0 unspecified atom stereocenters. The van der Waals surface area contributed by atoms with Crippen LogP contribution in [0.1, 0.15) is 6.92 Å². The fourth-order valence-electron chi connectivity index (χ4n) is 1.49. The number of benzene rings is 1. The van der Waals surface area contributed by atoms with E-state index >= 15 is 0 Å². The number of H-pyrrole nitrogens is 1. The van der Waals surface area contributed by atoms with E-state index < -0.39 is 0 Å². The van der Waals surface area contributed by atoms with Crippen molar-refractivity contribution in [1.29, 1.82) is 0 Å². The molecule has 0 saturated carbocycles. The second-order valence-corrected chi connectivity index (χ2v) is 3.08. The summed E-state index contributed by atoms with van der Waals surface area (Å²) in [5.74, 6) is 0.795. The van der Waals surface area contributed by atoms with Gasteiger partial charge in [-0.1, -0.05) is 18.2 Å². The molecule has 0 spiro atoms. The molecule has 1 amide bonds. The van der Waals surface area contributed by atoms with Gasteiger partial charge in [0.15, 0.2) is 0 Å². The standard InChI is InChI=1S/C11H11N2O/c1-2-13(8-14)11-7-9-5-3-4-6-10(9)12-11/h3-7,12H,2H2,1H3. The first-order valence-corrected chi connectivity index (χ1v) is 4.58.